The lowest BCUT2D eigenvalue weighted by molar-refractivity contribution is -0.408. The number of Topliss-reactive ketones (excluding diaryl/α,β-unsaturated/α-hetero) is 1. The molecule has 5 rings (SSSR count). The molecule has 0 aromatic heterocycles. The van der Waals surface area contributed by atoms with Gasteiger partial charge in [0.05, 0.1) is 60.4 Å². The molecule has 13 nitrogen and oxygen atoms in total. The zero-order valence-corrected chi connectivity index (χ0v) is 39.4. The lowest BCUT2D eigenvalue weighted by Crippen LogP contribution is -2.63. The molecule has 18 atom stereocenters. The van der Waals surface area contributed by atoms with Crippen LogP contribution in [0.1, 0.15) is 154 Å². The quantitative estimate of drug-likeness (QED) is 0.112. The topological polar surface area (TPSA) is 177 Å². The highest BCUT2D eigenvalue weighted by molar-refractivity contribution is 5.84. The largest absolute Gasteiger partial charge is 0.509 e. The van der Waals surface area contributed by atoms with Crippen molar-refractivity contribution in [3.05, 3.63) is 12.2 Å². The second-order valence-corrected chi connectivity index (χ2v) is 21.1. The maximum Gasteiger partial charge on any atom is 0.509 e. The number of carboxylic acid groups (broad SMARTS) is 1. The molecular formula is C48H80O13. The summed E-state index contributed by atoms with van der Waals surface area (Å²) in [5.74, 6) is -6.35. The first kappa shape index (κ1) is 49.9. The number of hydrogen-bond acceptors (Lipinski definition) is 12. The van der Waals surface area contributed by atoms with Gasteiger partial charge in [-0.2, -0.15) is 0 Å². The SMILES string of the molecule is CC[C@@H](C(=O)[C@@H](C)[C@@H](O)[C@H](C)[C@@H]1O[C@@H]([C@@H](CC)C(=O)O)CC[C@@H]1C)[C@H]1O[C@]2(C=C[C@H](OC(=O)OCC(C)(C)C)[C@]3(CC[C@@](C)([C@H]4CC[C@](O)(CC)[C@H](C)O4)O3)O2)[C@H](C)C[C@@H]1C. The van der Waals surface area contributed by atoms with E-state index in [9.17, 15) is 29.7 Å². The molecule has 3 N–H and O–H groups in total. The molecule has 0 saturated carbocycles. The second kappa shape index (κ2) is 19.1. The minimum atomic E-state index is -1.48. The molecule has 61 heavy (non-hydrogen) atoms. The summed E-state index contributed by atoms with van der Waals surface area (Å²) >= 11 is 0. The van der Waals surface area contributed by atoms with Gasteiger partial charge in [-0.05, 0) is 101 Å². The average molecular weight is 865 g/mol. The van der Waals surface area contributed by atoms with E-state index in [1.54, 1.807) is 19.1 Å². The zero-order valence-electron chi connectivity index (χ0n) is 39.4. The number of hydrogen-bond donors (Lipinski definition) is 3. The van der Waals surface area contributed by atoms with Crippen LogP contribution in [0.5, 0.6) is 0 Å². The third kappa shape index (κ3) is 10.4. The molecule has 0 unspecified atom stereocenters. The highest BCUT2D eigenvalue weighted by Gasteiger charge is 2.64. The van der Waals surface area contributed by atoms with Crippen molar-refractivity contribution in [2.24, 2.45) is 46.8 Å². The van der Waals surface area contributed by atoms with Crippen LogP contribution in [0.25, 0.3) is 0 Å². The highest BCUT2D eigenvalue weighted by Crippen LogP contribution is 2.54. The van der Waals surface area contributed by atoms with E-state index in [1.807, 2.05) is 62.3 Å². The first-order valence-electron chi connectivity index (χ1n) is 23.5. The van der Waals surface area contributed by atoms with Crippen molar-refractivity contribution in [3.63, 3.8) is 0 Å². The minimum absolute atomic E-state index is 0.0424. The summed E-state index contributed by atoms with van der Waals surface area (Å²) in [5.41, 5.74) is -2.06. The number of aliphatic carboxylic acids is 1. The molecule has 5 heterocycles. The number of ketones is 1. The van der Waals surface area contributed by atoms with Crippen LogP contribution in [0.4, 0.5) is 4.79 Å². The molecule has 4 saturated heterocycles. The number of aliphatic hydroxyl groups is 2. The normalized spacial score (nSPS) is 41.8. The molecule has 5 aliphatic heterocycles. The number of carbonyl (C=O) groups excluding carboxylic acids is 2. The predicted octanol–water partition coefficient (Wildman–Crippen LogP) is 8.40. The van der Waals surface area contributed by atoms with Crippen LogP contribution in [-0.4, -0.2) is 105 Å². The Hall–Kier alpha value is -2.13. The van der Waals surface area contributed by atoms with Crippen LogP contribution >= 0.6 is 0 Å². The fourth-order valence-electron chi connectivity index (χ4n) is 11.0. The maximum atomic E-state index is 14.7. The number of aliphatic hydroxyl groups excluding tert-OH is 1. The molecule has 2 spiro atoms. The van der Waals surface area contributed by atoms with E-state index in [-0.39, 0.29) is 41.7 Å². The van der Waals surface area contributed by atoms with Crippen LogP contribution in [0.2, 0.25) is 0 Å². The van der Waals surface area contributed by atoms with Gasteiger partial charge in [-0.15, -0.1) is 0 Å². The second-order valence-electron chi connectivity index (χ2n) is 21.1. The van der Waals surface area contributed by atoms with Gasteiger partial charge in [0, 0.05) is 30.1 Å². The monoisotopic (exact) mass is 865 g/mol. The molecule has 0 aromatic carbocycles. The van der Waals surface area contributed by atoms with E-state index in [4.69, 9.17) is 33.2 Å². The van der Waals surface area contributed by atoms with E-state index in [0.717, 1.165) is 6.42 Å². The van der Waals surface area contributed by atoms with Crippen molar-refractivity contribution in [2.75, 3.05) is 6.61 Å². The summed E-state index contributed by atoms with van der Waals surface area (Å²) in [7, 11) is 0. The Bertz CT molecular complexity index is 1560. The molecule has 0 amide bonds. The Kier molecular flexibility index (Phi) is 15.7. The van der Waals surface area contributed by atoms with Crippen LogP contribution < -0.4 is 0 Å². The van der Waals surface area contributed by atoms with Gasteiger partial charge < -0.3 is 48.5 Å². The summed E-state index contributed by atoms with van der Waals surface area (Å²) in [6.45, 7) is 25.6. The summed E-state index contributed by atoms with van der Waals surface area (Å²) < 4.78 is 45.8. The van der Waals surface area contributed by atoms with Crippen molar-refractivity contribution in [1.82, 2.24) is 0 Å². The van der Waals surface area contributed by atoms with Crippen LogP contribution in [0, 0.1) is 46.8 Å². The first-order valence-corrected chi connectivity index (χ1v) is 23.5. The summed E-state index contributed by atoms with van der Waals surface area (Å²) in [4.78, 5) is 39.9. The zero-order chi connectivity index (χ0) is 45.5. The fourth-order valence-corrected chi connectivity index (χ4v) is 11.0. The summed E-state index contributed by atoms with van der Waals surface area (Å²) in [6.07, 6.45) is 4.10. The Morgan fingerprint density at radius 1 is 0.885 bits per heavy atom. The Labute approximate surface area is 365 Å². The summed E-state index contributed by atoms with van der Waals surface area (Å²) in [6, 6.07) is 0. The standard InChI is InChI=1S/C48H80O13/c1-14-33(42(51)52)35-18-17-27(4)40(57-35)31(8)38(49)30(7)39(50)34(15-2)41-28(5)25-29(6)47(59-41)22-20-37(58-43(53)55-26-44(10,11)12)48(61-47)24-23-45(13,60-48)36-19-21-46(54,16-3)32(9)56-36/h20,22,27-38,40-41,49,54H,14-19,21,23-26H2,1-13H3,(H,51,52)/t27-,28-,29+,30-,31-,32-,33+,34-,35+,36+,37-,38+,40+,41-,45-,46+,47-,48-/m0/s1. The minimum Gasteiger partial charge on any atom is -0.481 e. The molecule has 5 aliphatic rings. The lowest BCUT2D eigenvalue weighted by atomic mass is 9.72. The fraction of sp³-hybridized carbons (Fsp3) is 0.896. The van der Waals surface area contributed by atoms with Crippen molar-refractivity contribution in [2.45, 2.75) is 220 Å². The first-order chi connectivity index (χ1) is 28.4. The third-order valence-corrected chi connectivity index (χ3v) is 15.3. The van der Waals surface area contributed by atoms with Gasteiger partial charge in [0.15, 0.2) is 11.9 Å². The number of carboxylic acids is 1. The van der Waals surface area contributed by atoms with Gasteiger partial charge in [-0.25, -0.2) is 4.79 Å². The maximum absolute atomic E-state index is 14.7. The Morgan fingerprint density at radius 3 is 2.15 bits per heavy atom. The van der Waals surface area contributed by atoms with Crippen molar-refractivity contribution >= 4 is 17.9 Å². The number of carbonyl (C=O) groups is 3. The molecule has 4 fully saturated rings. The van der Waals surface area contributed by atoms with Crippen LogP contribution in [0.3, 0.4) is 0 Å². The number of rotatable bonds is 14. The van der Waals surface area contributed by atoms with E-state index in [1.165, 1.54) is 0 Å². The molecule has 350 valence electrons. The molecule has 0 bridgehead atoms. The summed E-state index contributed by atoms with van der Waals surface area (Å²) in [5, 5.41) is 32.9. The van der Waals surface area contributed by atoms with Crippen molar-refractivity contribution in [1.29, 1.82) is 0 Å². The lowest BCUT2D eigenvalue weighted by Gasteiger charge is -2.54. The molecular weight excluding hydrogens is 785 g/mol. The Balaban J connectivity index is 1.39. The van der Waals surface area contributed by atoms with Crippen molar-refractivity contribution in [3.8, 4) is 0 Å². The van der Waals surface area contributed by atoms with Crippen molar-refractivity contribution < 1.29 is 62.9 Å². The third-order valence-electron chi connectivity index (χ3n) is 15.3. The predicted molar refractivity (Wildman–Crippen MR) is 228 cm³/mol. The van der Waals surface area contributed by atoms with E-state index < -0.39 is 95.2 Å². The molecule has 0 radical (unpaired) electrons. The van der Waals surface area contributed by atoms with Gasteiger partial charge in [0.1, 0.15) is 5.78 Å². The molecule has 13 heteroatoms. The molecule has 0 aliphatic carbocycles. The Morgan fingerprint density at radius 2 is 1.56 bits per heavy atom. The smallest absolute Gasteiger partial charge is 0.481 e. The highest BCUT2D eigenvalue weighted by atomic mass is 16.8. The van der Waals surface area contributed by atoms with E-state index in [2.05, 4.69) is 20.8 Å². The molecule has 0 aromatic rings. The van der Waals surface area contributed by atoms with Crippen LogP contribution in [-0.2, 0) is 42.7 Å². The average Bonchev–Trinajstić information content (AvgIpc) is 3.54. The van der Waals surface area contributed by atoms with Gasteiger partial charge in [0.25, 0.3) is 0 Å². The van der Waals surface area contributed by atoms with Gasteiger partial charge in [0.2, 0.25) is 5.79 Å². The van der Waals surface area contributed by atoms with Gasteiger partial charge >= 0.3 is 12.1 Å². The van der Waals surface area contributed by atoms with E-state index >= 15 is 0 Å². The number of ether oxygens (including phenoxy) is 7. The van der Waals surface area contributed by atoms with Gasteiger partial charge in [-0.3, -0.25) is 9.59 Å². The van der Waals surface area contributed by atoms with Gasteiger partial charge in [-0.1, -0.05) is 76.2 Å². The van der Waals surface area contributed by atoms with E-state index in [0.29, 0.717) is 57.8 Å². The van der Waals surface area contributed by atoms with Crippen LogP contribution in [0.15, 0.2) is 12.2 Å².